The number of hydrogen-bond donors (Lipinski definition) is 1. The lowest BCUT2D eigenvalue weighted by Gasteiger charge is -2.17. The first-order valence-corrected chi connectivity index (χ1v) is 7.45. The summed E-state index contributed by atoms with van der Waals surface area (Å²) in [5.74, 6) is -0.247. The summed E-state index contributed by atoms with van der Waals surface area (Å²) in [6, 6.07) is 8.85. The molecule has 0 heterocycles. The van der Waals surface area contributed by atoms with E-state index in [0.717, 1.165) is 4.47 Å². The first-order chi connectivity index (χ1) is 9.38. The summed E-state index contributed by atoms with van der Waals surface area (Å²) >= 11 is 3.37. The highest BCUT2D eigenvalue weighted by Crippen LogP contribution is 2.26. The van der Waals surface area contributed by atoms with Gasteiger partial charge in [-0.3, -0.25) is 0 Å². The molecular formula is C17H19BrFN. The van der Waals surface area contributed by atoms with E-state index in [1.165, 1.54) is 28.3 Å². The zero-order valence-corrected chi connectivity index (χ0v) is 13.6. The molecule has 106 valence electrons. The van der Waals surface area contributed by atoms with Crippen molar-refractivity contribution in [1.29, 1.82) is 0 Å². The van der Waals surface area contributed by atoms with Gasteiger partial charge in [-0.15, -0.1) is 0 Å². The van der Waals surface area contributed by atoms with Crippen molar-refractivity contribution >= 4 is 15.9 Å². The maximum Gasteiger partial charge on any atom is 0.128 e. The zero-order valence-electron chi connectivity index (χ0n) is 12.0. The fourth-order valence-corrected chi connectivity index (χ4v) is 3.04. The lowest BCUT2D eigenvalue weighted by atomic mass is 9.92. The first kappa shape index (κ1) is 15.2. The van der Waals surface area contributed by atoms with Crippen molar-refractivity contribution in [2.24, 2.45) is 5.73 Å². The first-order valence-electron chi connectivity index (χ1n) is 6.65. The van der Waals surface area contributed by atoms with Crippen LogP contribution in [0.2, 0.25) is 0 Å². The number of halogens is 2. The molecule has 1 unspecified atom stereocenters. The summed E-state index contributed by atoms with van der Waals surface area (Å²) in [7, 11) is 0. The van der Waals surface area contributed by atoms with E-state index in [9.17, 15) is 4.39 Å². The highest BCUT2D eigenvalue weighted by atomic mass is 79.9. The Hall–Kier alpha value is -1.19. The second-order valence-corrected chi connectivity index (χ2v) is 6.27. The number of benzene rings is 2. The van der Waals surface area contributed by atoms with Crippen LogP contribution in [-0.4, -0.2) is 0 Å². The second-order valence-electron chi connectivity index (χ2n) is 5.35. The normalized spacial score (nSPS) is 12.5. The second kappa shape index (κ2) is 6.06. The van der Waals surface area contributed by atoms with Crippen molar-refractivity contribution < 1.29 is 4.39 Å². The third-order valence-electron chi connectivity index (χ3n) is 3.62. The Morgan fingerprint density at radius 2 is 1.70 bits per heavy atom. The fraction of sp³-hybridized carbons (Fsp3) is 0.294. The Labute approximate surface area is 128 Å². The molecule has 0 saturated carbocycles. The van der Waals surface area contributed by atoms with Crippen LogP contribution in [0.4, 0.5) is 4.39 Å². The van der Waals surface area contributed by atoms with Crippen LogP contribution >= 0.6 is 15.9 Å². The van der Waals surface area contributed by atoms with Gasteiger partial charge in [0.05, 0.1) is 0 Å². The van der Waals surface area contributed by atoms with E-state index >= 15 is 0 Å². The van der Waals surface area contributed by atoms with E-state index in [1.807, 2.05) is 0 Å². The Bertz CT molecular complexity index is 614. The molecule has 0 radical (unpaired) electrons. The van der Waals surface area contributed by atoms with Crippen LogP contribution in [0.15, 0.2) is 34.8 Å². The number of hydrogen-bond acceptors (Lipinski definition) is 1. The molecule has 1 atom stereocenters. The van der Waals surface area contributed by atoms with Crippen LogP contribution in [0.1, 0.15) is 33.9 Å². The van der Waals surface area contributed by atoms with Crippen molar-refractivity contribution in [3.63, 3.8) is 0 Å². The molecule has 0 amide bonds. The predicted octanol–water partition coefficient (Wildman–Crippen LogP) is 4.76. The predicted molar refractivity (Wildman–Crippen MR) is 85.4 cm³/mol. The number of rotatable bonds is 3. The average Bonchev–Trinajstić information content (AvgIpc) is 2.36. The molecule has 0 spiro atoms. The zero-order chi connectivity index (χ0) is 14.9. The molecule has 0 aliphatic rings. The summed E-state index contributed by atoms with van der Waals surface area (Å²) in [5, 5.41) is 0. The molecule has 2 aromatic carbocycles. The van der Waals surface area contributed by atoms with Gasteiger partial charge in [0.25, 0.3) is 0 Å². The standard InChI is InChI=1S/C17H19BrFN/c1-10-6-11(2)14(12(3)7-10)9-17(20)15-8-13(18)4-5-16(15)19/h4-8,17H,9,20H2,1-3H3. The Morgan fingerprint density at radius 1 is 1.10 bits per heavy atom. The summed E-state index contributed by atoms with van der Waals surface area (Å²) in [4.78, 5) is 0. The van der Waals surface area contributed by atoms with Gasteiger partial charge in [-0.1, -0.05) is 33.6 Å². The molecule has 20 heavy (non-hydrogen) atoms. The van der Waals surface area contributed by atoms with Gasteiger partial charge in [0, 0.05) is 16.1 Å². The van der Waals surface area contributed by atoms with Crippen LogP contribution in [0.5, 0.6) is 0 Å². The topological polar surface area (TPSA) is 26.0 Å². The molecule has 0 bridgehead atoms. The van der Waals surface area contributed by atoms with Gasteiger partial charge >= 0.3 is 0 Å². The van der Waals surface area contributed by atoms with Crippen LogP contribution < -0.4 is 5.73 Å². The summed E-state index contributed by atoms with van der Waals surface area (Å²) in [6.45, 7) is 6.25. The van der Waals surface area contributed by atoms with Gasteiger partial charge in [0.2, 0.25) is 0 Å². The van der Waals surface area contributed by atoms with E-state index in [1.54, 1.807) is 12.1 Å². The Kier molecular flexibility index (Phi) is 4.61. The van der Waals surface area contributed by atoms with E-state index < -0.39 is 0 Å². The maximum absolute atomic E-state index is 13.9. The molecule has 2 aromatic rings. The Morgan fingerprint density at radius 3 is 2.30 bits per heavy atom. The van der Waals surface area contributed by atoms with Crippen LogP contribution in [0.3, 0.4) is 0 Å². The third-order valence-corrected chi connectivity index (χ3v) is 4.12. The lowest BCUT2D eigenvalue weighted by molar-refractivity contribution is 0.579. The third kappa shape index (κ3) is 3.28. The van der Waals surface area contributed by atoms with Crippen molar-refractivity contribution in [2.45, 2.75) is 33.2 Å². The minimum absolute atomic E-state index is 0.247. The van der Waals surface area contributed by atoms with Gasteiger partial charge in [0.15, 0.2) is 0 Å². The molecule has 0 aliphatic carbocycles. The molecule has 2 N–H and O–H groups in total. The highest BCUT2D eigenvalue weighted by molar-refractivity contribution is 9.10. The van der Waals surface area contributed by atoms with Crippen molar-refractivity contribution in [1.82, 2.24) is 0 Å². The van der Waals surface area contributed by atoms with Crippen LogP contribution in [0, 0.1) is 26.6 Å². The lowest BCUT2D eigenvalue weighted by Crippen LogP contribution is -2.16. The van der Waals surface area contributed by atoms with E-state index in [2.05, 4.69) is 48.8 Å². The molecular weight excluding hydrogens is 317 g/mol. The van der Waals surface area contributed by atoms with Gasteiger partial charge in [-0.05, 0) is 62.1 Å². The molecule has 2 rings (SSSR count). The van der Waals surface area contributed by atoms with Gasteiger partial charge in [-0.25, -0.2) is 4.39 Å². The molecule has 1 nitrogen and oxygen atoms in total. The van der Waals surface area contributed by atoms with Gasteiger partial charge in [-0.2, -0.15) is 0 Å². The van der Waals surface area contributed by atoms with Gasteiger partial charge in [0.1, 0.15) is 5.82 Å². The van der Waals surface area contributed by atoms with E-state index in [0.29, 0.717) is 12.0 Å². The summed E-state index contributed by atoms with van der Waals surface area (Å²) in [5.41, 5.74) is 11.7. The smallest absolute Gasteiger partial charge is 0.128 e. The molecule has 0 saturated heterocycles. The van der Waals surface area contributed by atoms with E-state index in [-0.39, 0.29) is 11.9 Å². The monoisotopic (exact) mass is 335 g/mol. The van der Waals surface area contributed by atoms with Crippen molar-refractivity contribution in [2.75, 3.05) is 0 Å². The van der Waals surface area contributed by atoms with E-state index in [4.69, 9.17) is 5.73 Å². The fourth-order valence-electron chi connectivity index (χ4n) is 2.66. The summed E-state index contributed by atoms with van der Waals surface area (Å²) in [6.07, 6.45) is 0.644. The Balaban J connectivity index is 2.32. The largest absolute Gasteiger partial charge is 0.324 e. The molecule has 0 fully saturated rings. The molecule has 0 aromatic heterocycles. The van der Waals surface area contributed by atoms with Gasteiger partial charge < -0.3 is 5.73 Å². The SMILES string of the molecule is Cc1cc(C)c(CC(N)c2cc(Br)ccc2F)c(C)c1. The van der Waals surface area contributed by atoms with Crippen molar-refractivity contribution in [3.8, 4) is 0 Å². The molecule has 3 heteroatoms. The summed E-state index contributed by atoms with van der Waals surface area (Å²) < 4.78 is 14.7. The molecule has 0 aliphatic heterocycles. The van der Waals surface area contributed by atoms with Crippen LogP contribution in [0.25, 0.3) is 0 Å². The van der Waals surface area contributed by atoms with Crippen molar-refractivity contribution in [3.05, 3.63) is 68.4 Å². The highest BCUT2D eigenvalue weighted by Gasteiger charge is 2.15. The number of aryl methyl sites for hydroxylation is 3. The van der Waals surface area contributed by atoms with Crippen LogP contribution in [-0.2, 0) is 6.42 Å². The maximum atomic E-state index is 13.9. The number of nitrogens with two attached hydrogens (primary N) is 1. The quantitative estimate of drug-likeness (QED) is 0.860. The average molecular weight is 336 g/mol. The minimum Gasteiger partial charge on any atom is -0.324 e. The minimum atomic E-state index is -0.340.